The minimum atomic E-state index is -4.59. The monoisotopic (exact) mass is 769 g/mol. The zero-order chi connectivity index (χ0) is 38.1. The van der Waals surface area contributed by atoms with Gasteiger partial charge >= 0.3 is 319 Å². The third-order valence-corrected chi connectivity index (χ3v) is 30.5. The molecule has 0 saturated heterocycles. The van der Waals surface area contributed by atoms with Gasteiger partial charge in [-0.1, -0.05) is 0 Å². The molecule has 0 fully saturated rings. The second kappa shape index (κ2) is 28.6. The molecule has 0 aliphatic rings. The molecule has 0 aromatic heterocycles. The molecule has 0 aromatic carbocycles. The topological polar surface area (TPSA) is 35.5 Å². The van der Waals surface area contributed by atoms with Crippen LogP contribution in [0.5, 0.6) is 0 Å². The first-order chi connectivity index (χ1) is 23.0. The van der Waals surface area contributed by atoms with E-state index in [1.165, 1.54) is 103 Å². The number of hydrogen-bond acceptors (Lipinski definition) is 3. The van der Waals surface area contributed by atoms with Crippen molar-refractivity contribution in [1.29, 1.82) is 0 Å². The van der Waals surface area contributed by atoms with Gasteiger partial charge in [-0.25, -0.2) is 0 Å². The van der Waals surface area contributed by atoms with E-state index in [9.17, 15) is 3.32 Å². The van der Waals surface area contributed by atoms with Crippen molar-refractivity contribution in [1.82, 2.24) is 0 Å². The van der Waals surface area contributed by atoms with Crippen molar-refractivity contribution in [3.63, 3.8) is 0 Å². The second-order valence-electron chi connectivity index (χ2n) is 17.7. The summed E-state index contributed by atoms with van der Waals surface area (Å²) in [6.07, 6.45) is 23.1. The Labute approximate surface area is 317 Å². The maximum absolute atomic E-state index is 13.4. The van der Waals surface area contributed by atoms with Crippen LogP contribution in [0.25, 0.3) is 0 Å². The molecular formula is C44H96O3Ti2. The van der Waals surface area contributed by atoms with E-state index in [0.29, 0.717) is 0 Å². The van der Waals surface area contributed by atoms with Gasteiger partial charge in [0.2, 0.25) is 0 Å². The van der Waals surface area contributed by atoms with Crippen LogP contribution < -0.4 is 0 Å². The van der Waals surface area contributed by atoms with E-state index < -0.39 is 32.6 Å². The normalized spacial score (nSPS) is 16.5. The third kappa shape index (κ3) is 20.4. The van der Waals surface area contributed by atoms with Crippen LogP contribution in [-0.2, 0) is 42.6 Å². The van der Waals surface area contributed by atoms with E-state index in [1.807, 2.05) is 55.4 Å². The van der Waals surface area contributed by atoms with Gasteiger partial charge in [-0.2, -0.15) is 0 Å². The van der Waals surface area contributed by atoms with E-state index in [1.54, 1.807) is 18.9 Å². The summed E-state index contributed by atoms with van der Waals surface area (Å²) in [6, 6.07) is 0. The molecule has 298 valence electrons. The van der Waals surface area contributed by atoms with E-state index in [-0.39, 0.29) is 20.7 Å². The average Bonchev–Trinajstić information content (AvgIpc) is 3.04. The SMILES string of the molecule is CC(C)[O][Ti](=[O])([O]C(C)C)([CH](C)C)[CH](C)C.CCCCC(CC)[CH2][Ti]([CH2]C(CC)CCCC)([CH2]C(CC)CCCC)[CH2]C(CC)CCCC. The molecule has 4 atom stereocenters. The van der Waals surface area contributed by atoms with E-state index in [0.717, 1.165) is 23.7 Å². The van der Waals surface area contributed by atoms with Gasteiger partial charge in [0.25, 0.3) is 0 Å². The molecule has 0 aromatic rings. The average molecular weight is 769 g/mol. The van der Waals surface area contributed by atoms with Crippen molar-refractivity contribution < 1.29 is 42.6 Å². The van der Waals surface area contributed by atoms with Gasteiger partial charge in [-0.3, -0.25) is 0 Å². The van der Waals surface area contributed by atoms with Crippen LogP contribution in [0.15, 0.2) is 0 Å². The van der Waals surface area contributed by atoms with Gasteiger partial charge in [-0.15, -0.1) is 0 Å². The van der Waals surface area contributed by atoms with Crippen LogP contribution in [0.4, 0.5) is 0 Å². The van der Waals surface area contributed by atoms with Crippen LogP contribution in [0.1, 0.15) is 214 Å². The first-order valence-corrected chi connectivity index (χ1v) is 30.4. The van der Waals surface area contributed by atoms with Crippen molar-refractivity contribution in [3.05, 3.63) is 0 Å². The molecule has 49 heavy (non-hydrogen) atoms. The summed E-state index contributed by atoms with van der Waals surface area (Å²) >= 11 is -6.59. The molecule has 5 heteroatoms. The van der Waals surface area contributed by atoms with E-state index >= 15 is 0 Å². The first kappa shape index (κ1) is 52.3. The summed E-state index contributed by atoms with van der Waals surface area (Å²) in [5.74, 6) is 4.11. The molecule has 0 saturated carbocycles. The summed E-state index contributed by atoms with van der Waals surface area (Å²) in [5, 5.41) is 0. The van der Waals surface area contributed by atoms with Crippen molar-refractivity contribution in [2.45, 2.75) is 253 Å². The molecule has 0 rings (SSSR count). The van der Waals surface area contributed by atoms with Gasteiger partial charge < -0.3 is 0 Å². The Morgan fingerprint density at radius 1 is 0.429 bits per heavy atom. The molecule has 0 aliphatic carbocycles. The van der Waals surface area contributed by atoms with Crippen molar-refractivity contribution >= 4 is 0 Å². The third-order valence-electron chi connectivity index (χ3n) is 12.1. The van der Waals surface area contributed by atoms with Gasteiger partial charge in [0.15, 0.2) is 0 Å². The predicted molar refractivity (Wildman–Crippen MR) is 216 cm³/mol. The van der Waals surface area contributed by atoms with Crippen molar-refractivity contribution in [3.8, 4) is 0 Å². The van der Waals surface area contributed by atoms with Crippen LogP contribution in [0, 0.1) is 23.7 Å². The molecule has 0 bridgehead atoms. The van der Waals surface area contributed by atoms with Crippen LogP contribution in [0.3, 0.4) is 0 Å². The minimum absolute atomic E-state index is 0.0678. The molecule has 3 nitrogen and oxygen atoms in total. The Bertz CT molecular complexity index is 715. The van der Waals surface area contributed by atoms with Crippen molar-refractivity contribution in [2.24, 2.45) is 23.7 Å². The number of hydrogen-bond donors (Lipinski definition) is 0. The molecule has 4 unspecified atom stereocenters. The standard InChI is InChI=1S/4C8H17.2C3H7O.2C3H7.O.2Ti/c4*1-4-6-7-8(3)5-2;2*1-3(2)4;2*1-3-2;;;/h4*8H,3-7H2,1-2H3;2*3H,1-2H3;2*3H,1-2H3;;;/q;;;;2*-1;;;;;+2. The Morgan fingerprint density at radius 2 is 0.653 bits per heavy atom. The van der Waals surface area contributed by atoms with Gasteiger partial charge in [-0.05, 0) is 0 Å². The fraction of sp³-hybridized carbons (Fsp3) is 1.00. The molecule has 0 N–H and O–H groups in total. The zero-order valence-corrected chi connectivity index (χ0v) is 40.1. The Morgan fingerprint density at radius 3 is 0.796 bits per heavy atom. The van der Waals surface area contributed by atoms with Crippen LogP contribution >= 0.6 is 0 Å². The quantitative estimate of drug-likeness (QED) is 0.0683. The van der Waals surface area contributed by atoms with Crippen LogP contribution in [-0.4, -0.2) is 12.2 Å². The Hall–Kier alpha value is 1.15. The fourth-order valence-electron chi connectivity index (χ4n) is 8.89. The summed E-state index contributed by atoms with van der Waals surface area (Å²) in [6.45, 7) is 35.1. The molecule has 0 amide bonds. The Kier molecular flexibility index (Phi) is 30.5. The molecule has 0 heterocycles. The summed E-state index contributed by atoms with van der Waals surface area (Å²) < 4.78 is 31.9. The van der Waals surface area contributed by atoms with E-state index in [2.05, 4.69) is 55.4 Å². The van der Waals surface area contributed by atoms with Gasteiger partial charge in [0, 0.05) is 0 Å². The van der Waals surface area contributed by atoms with Crippen LogP contribution in [0.2, 0.25) is 27.3 Å². The maximum atomic E-state index is 13.4. The number of unbranched alkanes of at least 4 members (excludes halogenated alkanes) is 4. The van der Waals surface area contributed by atoms with E-state index in [4.69, 9.17) is 6.64 Å². The Balaban J connectivity index is 0. The zero-order valence-electron chi connectivity index (χ0n) is 37.0. The predicted octanol–water partition coefficient (Wildman–Crippen LogP) is 17.0. The summed E-state index contributed by atoms with van der Waals surface area (Å²) in [4.78, 5) is 0. The van der Waals surface area contributed by atoms with Crippen molar-refractivity contribution in [2.75, 3.05) is 0 Å². The van der Waals surface area contributed by atoms with Gasteiger partial charge in [0.1, 0.15) is 0 Å². The summed E-state index contributed by atoms with van der Waals surface area (Å²) in [5.41, 5.74) is 0. The summed E-state index contributed by atoms with van der Waals surface area (Å²) in [7, 11) is 0. The first-order valence-electron chi connectivity index (χ1n) is 22.2. The molecule has 0 radical (unpaired) electrons. The molecular weight excluding hydrogens is 672 g/mol. The molecule has 0 aliphatic heterocycles. The number of rotatable bonds is 30. The van der Waals surface area contributed by atoms with Gasteiger partial charge in [0.05, 0.1) is 0 Å². The molecule has 0 spiro atoms. The second-order valence-corrected chi connectivity index (χ2v) is 32.8. The fourth-order valence-corrected chi connectivity index (χ4v) is 28.0.